The fraction of sp³-hybridized carbons (Fsp3) is 0.333. The molecule has 10 heteroatoms. The molecule has 0 radical (unpaired) electrons. The first-order valence-corrected chi connectivity index (χ1v) is 8.23. The highest BCUT2D eigenvalue weighted by atomic mass is 19.4. The Kier molecular flexibility index (Phi) is 6.22. The molecule has 1 aliphatic heterocycles. The maximum Gasteiger partial charge on any atom is 0.490 e. The quantitative estimate of drug-likeness (QED) is 0.813. The highest BCUT2D eigenvalue weighted by Gasteiger charge is 2.38. The van der Waals surface area contributed by atoms with E-state index in [0.29, 0.717) is 13.1 Å². The second kappa shape index (κ2) is 8.24. The molecule has 0 atom stereocenters. The summed E-state index contributed by atoms with van der Waals surface area (Å²) in [5.41, 5.74) is 5.12. The number of aromatic amines is 1. The molecule has 0 aromatic carbocycles. The van der Waals surface area contributed by atoms with Crippen molar-refractivity contribution < 1.29 is 27.9 Å². The van der Waals surface area contributed by atoms with Crippen molar-refractivity contribution in [3.63, 3.8) is 0 Å². The van der Waals surface area contributed by atoms with Crippen molar-refractivity contribution in [2.45, 2.75) is 26.9 Å². The summed E-state index contributed by atoms with van der Waals surface area (Å²) in [5.74, 6) is -1.87. The molecule has 3 heterocycles. The maximum absolute atomic E-state index is 11.4. The van der Waals surface area contributed by atoms with Crippen LogP contribution in [0, 0.1) is 13.8 Å². The van der Waals surface area contributed by atoms with Gasteiger partial charge in [0, 0.05) is 31.9 Å². The minimum absolute atomic E-state index is 0.104. The van der Waals surface area contributed by atoms with Crippen LogP contribution < -0.4 is 0 Å². The molecule has 2 aromatic rings. The zero-order chi connectivity index (χ0) is 21.1. The molecule has 1 aliphatic rings. The summed E-state index contributed by atoms with van der Waals surface area (Å²) in [7, 11) is 0. The van der Waals surface area contributed by atoms with Crippen molar-refractivity contribution in [3.05, 3.63) is 41.4 Å². The van der Waals surface area contributed by atoms with E-state index in [4.69, 9.17) is 9.90 Å². The van der Waals surface area contributed by atoms with Gasteiger partial charge in [-0.15, -0.1) is 0 Å². The van der Waals surface area contributed by atoms with Gasteiger partial charge in [-0.25, -0.2) is 9.78 Å². The van der Waals surface area contributed by atoms with E-state index in [2.05, 4.69) is 21.0 Å². The summed E-state index contributed by atoms with van der Waals surface area (Å²) < 4.78 is 31.7. The first-order valence-electron chi connectivity index (χ1n) is 8.23. The van der Waals surface area contributed by atoms with Gasteiger partial charge in [0.05, 0.1) is 5.69 Å². The zero-order valence-corrected chi connectivity index (χ0v) is 15.5. The summed E-state index contributed by atoms with van der Waals surface area (Å²) >= 11 is 0. The van der Waals surface area contributed by atoms with E-state index in [1.165, 1.54) is 0 Å². The van der Waals surface area contributed by atoms with Crippen LogP contribution in [-0.4, -0.2) is 56.1 Å². The minimum Gasteiger partial charge on any atom is -0.475 e. The van der Waals surface area contributed by atoms with Crippen LogP contribution in [-0.2, 0) is 9.59 Å². The second-order valence-corrected chi connectivity index (χ2v) is 6.16. The van der Waals surface area contributed by atoms with Gasteiger partial charge in [-0.2, -0.15) is 13.2 Å². The van der Waals surface area contributed by atoms with Gasteiger partial charge >= 0.3 is 12.1 Å². The number of rotatable bonds is 2. The van der Waals surface area contributed by atoms with Crippen LogP contribution in [0.1, 0.15) is 23.9 Å². The van der Waals surface area contributed by atoms with Gasteiger partial charge in [0.2, 0.25) is 5.91 Å². The Morgan fingerprint density at radius 1 is 1.29 bits per heavy atom. The van der Waals surface area contributed by atoms with E-state index >= 15 is 0 Å². The van der Waals surface area contributed by atoms with Crippen molar-refractivity contribution in [3.8, 4) is 11.5 Å². The number of imidazole rings is 1. The van der Waals surface area contributed by atoms with Crippen molar-refractivity contribution in [1.82, 2.24) is 19.9 Å². The van der Waals surface area contributed by atoms with Gasteiger partial charge < -0.3 is 15.0 Å². The number of carboxylic acid groups (broad SMARTS) is 1. The molecule has 2 aromatic heterocycles. The molecule has 0 fully saturated rings. The molecule has 0 unspecified atom stereocenters. The fourth-order valence-electron chi connectivity index (χ4n) is 2.43. The molecule has 2 N–H and O–H groups in total. The van der Waals surface area contributed by atoms with E-state index in [-0.39, 0.29) is 5.91 Å². The van der Waals surface area contributed by atoms with Gasteiger partial charge in [-0.3, -0.25) is 9.78 Å². The predicted molar refractivity (Wildman–Crippen MR) is 95.2 cm³/mol. The highest BCUT2D eigenvalue weighted by Crippen LogP contribution is 2.24. The monoisotopic (exact) mass is 396 g/mol. The van der Waals surface area contributed by atoms with Crippen molar-refractivity contribution in [1.29, 1.82) is 0 Å². The van der Waals surface area contributed by atoms with E-state index in [1.807, 2.05) is 30.9 Å². The number of alkyl halides is 3. The first kappa shape index (κ1) is 21.1. The van der Waals surface area contributed by atoms with Gasteiger partial charge in [-0.05, 0) is 37.1 Å². The number of nitrogens with zero attached hydrogens (tertiary/aromatic N) is 3. The number of carboxylic acids is 1. The van der Waals surface area contributed by atoms with Gasteiger partial charge in [0.1, 0.15) is 5.69 Å². The van der Waals surface area contributed by atoms with Crippen LogP contribution in [0.25, 0.3) is 17.1 Å². The fourth-order valence-corrected chi connectivity index (χ4v) is 2.43. The van der Waals surface area contributed by atoms with Crippen LogP contribution in [0.5, 0.6) is 0 Å². The third-order valence-electron chi connectivity index (χ3n) is 4.11. The van der Waals surface area contributed by atoms with Crippen LogP contribution in [0.15, 0.2) is 24.4 Å². The Morgan fingerprint density at radius 2 is 1.93 bits per heavy atom. The van der Waals surface area contributed by atoms with E-state index < -0.39 is 12.1 Å². The Balaban J connectivity index is 0.000000345. The summed E-state index contributed by atoms with van der Waals surface area (Å²) in [5, 5.41) is 7.12. The number of carbonyl (C=O) groups is 2. The third kappa shape index (κ3) is 5.18. The van der Waals surface area contributed by atoms with Crippen LogP contribution in [0.4, 0.5) is 13.2 Å². The Labute approximate surface area is 158 Å². The molecule has 7 nitrogen and oxygen atoms in total. The molecule has 0 spiro atoms. The van der Waals surface area contributed by atoms with Gasteiger partial charge in [-0.1, -0.05) is 6.08 Å². The molecular formula is C18H19F3N4O3. The lowest BCUT2D eigenvalue weighted by molar-refractivity contribution is -0.192. The van der Waals surface area contributed by atoms with E-state index in [9.17, 15) is 18.0 Å². The van der Waals surface area contributed by atoms with E-state index in [0.717, 1.165) is 34.0 Å². The number of halogens is 3. The average Bonchev–Trinajstić information content (AvgIpc) is 3.23. The molecule has 3 rings (SSSR count). The molecule has 0 saturated heterocycles. The normalized spacial score (nSPS) is 13.6. The lowest BCUT2D eigenvalue weighted by atomic mass is 10.1. The number of H-pyrrole nitrogens is 1. The van der Waals surface area contributed by atoms with Gasteiger partial charge in [0.15, 0.2) is 5.82 Å². The average molecular weight is 396 g/mol. The number of aromatic nitrogens is 3. The molecule has 1 amide bonds. The predicted octanol–water partition coefficient (Wildman–Crippen LogP) is 2.97. The number of aryl methyl sites for hydroxylation is 2. The van der Waals surface area contributed by atoms with E-state index in [1.54, 1.807) is 13.1 Å². The SMILES string of the molecule is CC(=O)N1CC=C(c2ccnc(-c3nc(C)c(C)[nH]3)c2)C1.O=C(O)C(F)(F)F. The number of hydrogen-bond acceptors (Lipinski definition) is 4. The Hall–Kier alpha value is -3.17. The van der Waals surface area contributed by atoms with Crippen LogP contribution in [0.2, 0.25) is 0 Å². The molecule has 150 valence electrons. The van der Waals surface area contributed by atoms with Crippen LogP contribution >= 0.6 is 0 Å². The Morgan fingerprint density at radius 3 is 2.39 bits per heavy atom. The number of pyridine rings is 1. The minimum atomic E-state index is -5.08. The number of carbonyl (C=O) groups excluding carboxylic acids is 1. The van der Waals surface area contributed by atoms with Gasteiger partial charge in [0.25, 0.3) is 0 Å². The third-order valence-corrected chi connectivity index (χ3v) is 4.11. The van der Waals surface area contributed by atoms with Crippen molar-refractivity contribution >= 4 is 17.4 Å². The zero-order valence-electron chi connectivity index (χ0n) is 15.5. The standard InChI is InChI=1S/C16H18N4O.C2HF3O2/c1-10-11(2)19-16(18-10)15-8-13(4-6-17-15)14-5-7-20(9-14)12(3)21;3-2(4,5)1(6)7/h4-6,8H,7,9H2,1-3H3,(H,18,19);(H,6,7). The number of hydrogen-bond donors (Lipinski definition) is 2. The molecule has 0 aliphatic carbocycles. The summed E-state index contributed by atoms with van der Waals surface area (Å²) in [4.78, 5) is 34.3. The van der Waals surface area contributed by atoms with Crippen molar-refractivity contribution in [2.75, 3.05) is 13.1 Å². The van der Waals surface area contributed by atoms with Crippen LogP contribution in [0.3, 0.4) is 0 Å². The summed E-state index contributed by atoms with van der Waals surface area (Å²) in [6.45, 7) is 6.92. The maximum atomic E-state index is 11.4. The largest absolute Gasteiger partial charge is 0.490 e. The molecular weight excluding hydrogens is 377 g/mol. The van der Waals surface area contributed by atoms with Crippen molar-refractivity contribution in [2.24, 2.45) is 0 Å². The Bertz CT molecular complexity index is 900. The smallest absolute Gasteiger partial charge is 0.475 e. The number of aliphatic carboxylic acids is 1. The summed E-state index contributed by atoms with van der Waals surface area (Å²) in [6, 6.07) is 3.99. The number of amides is 1. The molecule has 0 saturated carbocycles. The summed E-state index contributed by atoms with van der Waals surface area (Å²) in [6.07, 6.45) is -1.20. The molecule has 28 heavy (non-hydrogen) atoms. The topological polar surface area (TPSA) is 99.2 Å². The highest BCUT2D eigenvalue weighted by molar-refractivity contribution is 5.80. The second-order valence-electron chi connectivity index (χ2n) is 6.16. The molecule has 0 bridgehead atoms. The number of nitrogens with one attached hydrogen (secondary N) is 1. The lowest BCUT2D eigenvalue weighted by Crippen LogP contribution is -2.25. The first-order chi connectivity index (χ1) is 13.0. The lowest BCUT2D eigenvalue weighted by Gasteiger charge is -2.13.